The van der Waals surface area contributed by atoms with Crippen LogP contribution in [0, 0.1) is 5.92 Å². The Bertz CT molecular complexity index is 411. The Morgan fingerprint density at radius 1 is 1.60 bits per heavy atom. The van der Waals surface area contributed by atoms with Crippen LogP contribution in [0.25, 0.3) is 0 Å². The summed E-state index contributed by atoms with van der Waals surface area (Å²) < 4.78 is 0. The van der Waals surface area contributed by atoms with Crippen LogP contribution in [0.5, 0.6) is 0 Å². The number of rotatable bonds is 1. The number of likely N-dealkylation sites (N-methyl/N-ethyl adjacent to an activating group) is 1. The third kappa shape index (κ3) is 1.69. The minimum absolute atomic E-state index is 0.0266. The van der Waals surface area contributed by atoms with E-state index in [9.17, 15) is 4.79 Å². The molecule has 1 N–H and O–H groups in total. The van der Waals surface area contributed by atoms with Crippen LogP contribution in [0.4, 0.5) is 0 Å². The number of nitrogens with zero attached hydrogens (tertiary/aromatic N) is 2. The molecular formula is C11H17N3O. The van der Waals surface area contributed by atoms with Gasteiger partial charge in [0.05, 0.1) is 18.1 Å². The molecule has 0 aliphatic carbocycles. The van der Waals surface area contributed by atoms with Crippen molar-refractivity contribution < 1.29 is 0 Å². The van der Waals surface area contributed by atoms with Gasteiger partial charge in [0.1, 0.15) is 0 Å². The van der Waals surface area contributed by atoms with Crippen molar-refractivity contribution >= 4 is 0 Å². The van der Waals surface area contributed by atoms with Gasteiger partial charge in [0.25, 0.3) is 5.56 Å². The number of nitrogens with one attached hydrogen (secondary N) is 1. The van der Waals surface area contributed by atoms with Crippen LogP contribution in [0.2, 0.25) is 0 Å². The van der Waals surface area contributed by atoms with E-state index in [0.717, 1.165) is 24.2 Å². The van der Waals surface area contributed by atoms with Gasteiger partial charge in [0, 0.05) is 12.1 Å². The van der Waals surface area contributed by atoms with Crippen molar-refractivity contribution in [3.8, 4) is 0 Å². The maximum absolute atomic E-state index is 11.6. The Kier molecular flexibility index (Phi) is 2.61. The standard InChI is InChI=1S/C11H17N3O/c1-7(2)10-9-8(4-5-14(10)3)11(15)13-6-12-9/h6-7,10H,4-5H2,1-3H3,(H,12,13,15). The Morgan fingerprint density at radius 3 is 3.00 bits per heavy atom. The van der Waals surface area contributed by atoms with Gasteiger partial charge in [-0.1, -0.05) is 13.8 Å². The van der Waals surface area contributed by atoms with Gasteiger partial charge in [-0.3, -0.25) is 9.69 Å². The fourth-order valence-corrected chi connectivity index (χ4v) is 2.40. The van der Waals surface area contributed by atoms with E-state index in [4.69, 9.17) is 0 Å². The highest BCUT2D eigenvalue weighted by Crippen LogP contribution is 2.30. The molecule has 1 aliphatic rings. The second kappa shape index (κ2) is 3.77. The fourth-order valence-electron chi connectivity index (χ4n) is 2.40. The number of aromatic amines is 1. The number of H-pyrrole nitrogens is 1. The Labute approximate surface area is 89.3 Å². The first kappa shape index (κ1) is 10.4. The SMILES string of the molecule is CC(C)C1c2nc[nH]c(=O)c2CCN1C. The average Bonchev–Trinajstić information content (AvgIpc) is 2.17. The summed E-state index contributed by atoms with van der Waals surface area (Å²) in [7, 11) is 2.09. The van der Waals surface area contributed by atoms with Crippen molar-refractivity contribution in [3.05, 3.63) is 27.9 Å². The van der Waals surface area contributed by atoms with Crippen molar-refractivity contribution in [2.24, 2.45) is 5.92 Å². The number of fused-ring (bicyclic) bond motifs is 1. The summed E-state index contributed by atoms with van der Waals surface area (Å²) in [5, 5.41) is 0. The van der Waals surface area contributed by atoms with Gasteiger partial charge in [-0.15, -0.1) is 0 Å². The monoisotopic (exact) mass is 207 g/mol. The van der Waals surface area contributed by atoms with E-state index < -0.39 is 0 Å². The highest BCUT2D eigenvalue weighted by Gasteiger charge is 2.29. The van der Waals surface area contributed by atoms with E-state index in [-0.39, 0.29) is 11.6 Å². The molecule has 0 bridgehead atoms. The molecule has 0 radical (unpaired) electrons. The molecule has 0 fully saturated rings. The zero-order chi connectivity index (χ0) is 11.0. The van der Waals surface area contributed by atoms with Crippen molar-refractivity contribution in [3.63, 3.8) is 0 Å². The quantitative estimate of drug-likeness (QED) is 0.746. The topological polar surface area (TPSA) is 49.0 Å². The summed E-state index contributed by atoms with van der Waals surface area (Å²) in [6.07, 6.45) is 2.31. The first-order valence-electron chi connectivity index (χ1n) is 5.38. The lowest BCUT2D eigenvalue weighted by Crippen LogP contribution is -2.38. The molecule has 2 rings (SSSR count). The zero-order valence-corrected chi connectivity index (χ0v) is 9.45. The predicted octanol–water partition coefficient (Wildman–Crippen LogP) is 0.955. The third-order valence-corrected chi connectivity index (χ3v) is 3.08. The summed E-state index contributed by atoms with van der Waals surface area (Å²) in [5.41, 5.74) is 1.86. The molecule has 82 valence electrons. The Hall–Kier alpha value is -1.16. The van der Waals surface area contributed by atoms with Crippen LogP contribution in [-0.2, 0) is 6.42 Å². The molecule has 15 heavy (non-hydrogen) atoms. The predicted molar refractivity (Wildman–Crippen MR) is 58.8 cm³/mol. The van der Waals surface area contributed by atoms with Gasteiger partial charge in [0.15, 0.2) is 0 Å². The van der Waals surface area contributed by atoms with Gasteiger partial charge >= 0.3 is 0 Å². The summed E-state index contributed by atoms with van der Waals surface area (Å²) in [4.78, 5) is 20.9. The Balaban J connectivity index is 2.53. The molecule has 0 spiro atoms. The maximum Gasteiger partial charge on any atom is 0.254 e. The maximum atomic E-state index is 11.6. The molecule has 1 atom stereocenters. The number of aromatic nitrogens is 2. The minimum Gasteiger partial charge on any atom is -0.313 e. The highest BCUT2D eigenvalue weighted by molar-refractivity contribution is 5.23. The van der Waals surface area contributed by atoms with E-state index in [1.807, 2.05) is 0 Å². The van der Waals surface area contributed by atoms with Gasteiger partial charge in [-0.25, -0.2) is 4.98 Å². The second-order valence-electron chi connectivity index (χ2n) is 4.51. The normalized spacial score (nSPS) is 21.7. The average molecular weight is 207 g/mol. The molecule has 2 heterocycles. The summed E-state index contributed by atoms with van der Waals surface area (Å²) in [5.74, 6) is 0.475. The molecule has 1 aliphatic heterocycles. The van der Waals surface area contributed by atoms with Crippen molar-refractivity contribution in [2.45, 2.75) is 26.3 Å². The molecule has 4 heteroatoms. The lowest BCUT2D eigenvalue weighted by atomic mass is 9.91. The van der Waals surface area contributed by atoms with Crippen LogP contribution in [0.1, 0.15) is 31.1 Å². The Morgan fingerprint density at radius 2 is 2.33 bits per heavy atom. The second-order valence-corrected chi connectivity index (χ2v) is 4.51. The first-order valence-corrected chi connectivity index (χ1v) is 5.38. The van der Waals surface area contributed by atoms with Crippen LogP contribution in [-0.4, -0.2) is 28.5 Å². The van der Waals surface area contributed by atoms with Crippen LogP contribution >= 0.6 is 0 Å². The zero-order valence-electron chi connectivity index (χ0n) is 9.45. The van der Waals surface area contributed by atoms with Gasteiger partial charge in [-0.05, 0) is 19.4 Å². The number of hydrogen-bond acceptors (Lipinski definition) is 3. The van der Waals surface area contributed by atoms with E-state index in [0.29, 0.717) is 5.92 Å². The van der Waals surface area contributed by atoms with Crippen LogP contribution in [0.3, 0.4) is 0 Å². The molecule has 0 saturated carbocycles. The van der Waals surface area contributed by atoms with E-state index >= 15 is 0 Å². The lowest BCUT2D eigenvalue weighted by molar-refractivity contribution is 0.175. The summed E-state index contributed by atoms with van der Waals surface area (Å²) in [6, 6.07) is 0.274. The molecular weight excluding hydrogens is 190 g/mol. The number of hydrogen-bond donors (Lipinski definition) is 1. The lowest BCUT2D eigenvalue weighted by Gasteiger charge is -2.35. The molecule has 0 aromatic carbocycles. The van der Waals surface area contributed by atoms with Crippen molar-refractivity contribution in [2.75, 3.05) is 13.6 Å². The van der Waals surface area contributed by atoms with Crippen molar-refractivity contribution in [1.29, 1.82) is 0 Å². The van der Waals surface area contributed by atoms with Crippen LogP contribution < -0.4 is 5.56 Å². The fraction of sp³-hybridized carbons (Fsp3) is 0.636. The summed E-state index contributed by atoms with van der Waals surface area (Å²) >= 11 is 0. The smallest absolute Gasteiger partial charge is 0.254 e. The molecule has 1 aromatic rings. The van der Waals surface area contributed by atoms with Gasteiger partial charge < -0.3 is 4.98 Å². The van der Waals surface area contributed by atoms with Crippen LogP contribution in [0.15, 0.2) is 11.1 Å². The molecule has 4 nitrogen and oxygen atoms in total. The van der Waals surface area contributed by atoms with E-state index in [1.54, 1.807) is 0 Å². The largest absolute Gasteiger partial charge is 0.313 e. The van der Waals surface area contributed by atoms with E-state index in [1.165, 1.54) is 6.33 Å². The molecule has 1 aromatic heterocycles. The molecule has 1 unspecified atom stereocenters. The summed E-state index contributed by atoms with van der Waals surface area (Å²) in [6.45, 7) is 5.27. The first-order chi connectivity index (χ1) is 7.11. The van der Waals surface area contributed by atoms with E-state index in [2.05, 4.69) is 35.8 Å². The van der Waals surface area contributed by atoms with Gasteiger partial charge in [0.2, 0.25) is 0 Å². The highest BCUT2D eigenvalue weighted by atomic mass is 16.1. The molecule has 0 saturated heterocycles. The third-order valence-electron chi connectivity index (χ3n) is 3.08. The minimum atomic E-state index is 0.0266. The van der Waals surface area contributed by atoms with Gasteiger partial charge in [-0.2, -0.15) is 0 Å². The van der Waals surface area contributed by atoms with Crippen molar-refractivity contribution in [1.82, 2.24) is 14.9 Å². The molecule has 0 amide bonds.